The summed E-state index contributed by atoms with van der Waals surface area (Å²) >= 11 is 1.24. The highest BCUT2D eigenvalue weighted by molar-refractivity contribution is 7.99. The standard InChI is InChI=1S/C25H29N5O7S/c1-7-30-24(17-8-9-18(33-3)19(12-17)34-4)28-29-25(30)38-14-22(32)27-26-13-16-10-20(35-5)23(37-15(2)31)21(11-16)36-6/h8-13H,7,14H2,1-6H3,(H,27,32)/b26-13+. The summed E-state index contributed by atoms with van der Waals surface area (Å²) in [6.45, 7) is 3.85. The third-order valence-corrected chi connectivity index (χ3v) is 6.11. The number of thioether (sulfide) groups is 1. The first-order chi connectivity index (χ1) is 18.3. The molecule has 0 saturated carbocycles. The molecule has 202 valence electrons. The van der Waals surface area contributed by atoms with E-state index >= 15 is 0 Å². The zero-order valence-electron chi connectivity index (χ0n) is 21.9. The molecule has 0 radical (unpaired) electrons. The molecule has 0 aliphatic rings. The summed E-state index contributed by atoms with van der Waals surface area (Å²) in [7, 11) is 6.02. The lowest BCUT2D eigenvalue weighted by Gasteiger charge is -2.13. The van der Waals surface area contributed by atoms with E-state index in [1.165, 1.54) is 39.1 Å². The molecule has 0 atom stereocenters. The summed E-state index contributed by atoms with van der Waals surface area (Å²) in [5, 5.41) is 13.1. The number of hydrogen-bond acceptors (Lipinski definition) is 11. The van der Waals surface area contributed by atoms with Crippen molar-refractivity contribution in [2.45, 2.75) is 25.5 Å². The van der Waals surface area contributed by atoms with Crippen LogP contribution in [0.25, 0.3) is 11.4 Å². The normalized spacial score (nSPS) is 10.8. The fraction of sp³-hybridized carbons (Fsp3) is 0.320. The van der Waals surface area contributed by atoms with Crippen molar-refractivity contribution in [1.82, 2.24) is 20.2 Å². The highest BCUT2D eigenvalue weighted by atomic mass is 32.2. The number of ether oxygens (including phenoxy) is 5. The van der Waals surface area contributed by atoms with Gasteiger partial charge in [-0.15, -0.1) is 10.2 Å². The molecular weight excluding hydrogens is 514 g/mol. The van der Waals surface area contributed by atoms with E-state index in [1.54, 1.807) is 32.4 Å². The number of nitrogens with one attached hydrogen (secondary N) is 1. The fourth-order valence-electron chi connectivity index (χ4n) is 3.43. The van der Waals surface area contributed by atoms with Crippen molar-refractivity contribution in [1.29, 1.82) is 0 Å². The minimum atomic E-state index is -0.512. The van der Waals surface area contributed by atoms with Crippen molar-refractivity contribution in [2.24, 2.45) is 5.10 Å². The Morgan fingerprint density at radius 1 is 0.974 bits per heavy atom. The Labute approximate surface area is 224 Å². The summed E-state index contributed by atoms with van der Waals surface area (Å²) in [5.74, 6) is 1.80. The number of rotatable bonds is 12. The number of nitrogens with zero attached hydrogens (tertiary/aromatic N) is 4. The van der Waals surface area contributed by atoms with Crippen LogP contribution >= 0.6 is 11.8 Å². The highest BCUT2D eigenvalue weighted by Crippen LogP contribution is 2.38. The van der Waals surface area contributed by atoms with Crippen LogP contribution in [0, 0.1) is 0 Å². The molecule has 1 heterocycles. The van der Waals surface area contributed by atoms with Gasteiger partial charge in [0.2, 0.25) is 5.75 Å². The number of hydrogen-bond donors (Lipinski definition) is 1. The molecule has 0 aliphatic heterocycles. The van der Waals surface area contributed by atoms with Gasteiger partial charge in [0.05, 0.1) is 40.4 Å². The number of carbonyl (C=O) groups excluding carboxylic acids is 2. The first kappa shape index (κ1) is 28.3. The van der Waals surface area contributed by atoms with Crippen LogP contribution in [0.3, 0.4) is 0 Å². The summed E-state index contributed by atoms with van der Waals surface area (Å²) in [6, 6.07) is 8.70. The number of benzene rings is 2. The molecule has 0 unspecified atom stereocenters. The number of methoxy groups -OCH3 is 4. The van der Waals surface area contributed by atoms with E-state index in [0.717, 1.165) is 5.56 Å². The average molecular weight is 544 g/mol. The van der Waals surface area contributed by atoms with E-state index in [0.29, 0.717) is 34.6 Å². The molecular formula is C25H29N5O7S. The van der Waals surface area contributed by atoms with Crippen LogP contribution < -0.4 is 29.1 Å². The van der Waals surface area contributed by atoms with Crippen LogP contribution in [-0.4, -0.2) is 67.0 Å². The summed E-state index contributed by atoms with van der Waals surface area (Å²) in [4.78, 5) is 23.8. The predicted octanol–water partition coefficient (Wildman–Crippen LogP) is 3.17. The third kappa shape index (κ3) is 6.73. The Kier molecular flexibility index (Phi) is 9.93. The Morgan fingerprint density at radius 2 is 1.63 bits per heavy atom. The van der Waals surface area contributed by atoms with Crippen LogP contribution in [-0.2, 0) is 16.1 Å². The topological polar surface area (TPSA) is 135 Å². The van der Waals surface area contributed by atoms with Gasteiger partial charge in [-0.3, -0.25) is 9.59 Å². The molecule has 0 bridgehead atoms. The maximum Gasteiger partial charge on any atom is 0.308 e. The summed E-state index contributed by atoms with van der Waals surface area (Å²) in [5.41, 5.74) is 3.85. The van der Waals surface area contributed by atoms with Gasteiger partial charge in [-0.05, 0) is 37.3 Å². The molecule has 0 spiro atoms. The van der Waals surface area contributed by atoms with E-state index in [-0.39, 0.29) is 28.9 Å². The molecule has 3 rings (SSSR count). The van der Waals surface area contributed by atoms with Crippen LogP contribution in [0.1, 0.15) is 19.4 Å². The first-order valence-electron chi connectivity index (χ1n) is 11.4. The zero-order valence-corrected chi connectivity index (χ0v) is 22.7. The predicted molar refractivity (Wildman–Crippen MR) is 142 cm³/mol. The van der Waals surface area contributed by atoms with Gasteiger partial charge in [0, 0.05) is 24.6 Å². The van der Waals surface area contributed by atoms with Gasteiger partial charge in [-0.2, -0.15) is 5.10 Å². The van der Waals surface area contributed by atoms with Crippen molar-refractivity contribution in [3.05, 3.63) is 35.9 Å². The second-order valence-corrected chi connectivity index (χ2v) is 8.49. The largest absolute Gasteiger partial charge is 0.493 e. The van der Waals surface area contributed by atoms with Gasteiger partial charge in [0.25, 0.3) is 5.91 Å². The highest BCUT2D eigenvalue weighted by Gasteiger charge is 2.17. The van der Waals surface area contributed by atoms with Gasteiger partial charge in [0.15, 0.2) is 34.0 Å². The van der Waals surface area contributed by atoms with Crippen LogP contribution in [0.2, 0.25) is 0 Å². The molecule has 1 N–H and O–H groups in total. The second kappa shape index (κ2) is 13.3. The van der Waals surface area contributed by atoms with Gasteiger partial charge in [0.1, 0.15) is 0 Å². The van der Waals surface area contributed by atoms with E-state index < -0.39 is 5.97 Å². The molecule has 0 saturated heterocycles. The van der Waals surface area contributed by atoms with Crippen molar-refractivity contribution in [3.63, 3.8) is 0 Å². The van der Waals surface area contributed by atoms with Gasteiger partial charge >= 0.3 is 5.97 Å². The maximum absolute atomic E-state index is 12.4. The van der Waals surface area contributed by atoms with Crippen LogP contribution in [0.4, 0.5) is 0 Å². The maximum atomic E-state index is 12.4. The minimum absolute atomic E-state index is 0.0689. The Hall–Kier alpha value is -4.26. The van der Waals surface area contributed by atoms with Crippen molar-refractivity contribution in [3.8, 4) is 40.1 Å². The van der Waals surface area contributed by atoms with Gasteiger partial charge in [-0.1, -0.05) is 11.8 Å². The third-order valence-electron chi connectivity index (χ3n) is 5.14. The monoisotopic (exact) mass is 543 g/mol. The molecule has 38 heavy (non-hydrogen) atoms. The Balaban J connectivity index is 1.66. The molecule has 12 nitrogen and oxygen atoms in total. The van der Waals surface area contributed by atoms with Gasteiger partial charge in [-0.25, -0.2) is 5.43 Å². The lowest BCUT2D eigenvalue weighted by Crippen LogP contribution is -2.20. The van der Waals surface area contributed by atoms with E-state index in [4.69, 9.17) is 23.7 Å². The lowest BCUT2D eigenvalue weighted by atomic mass is 10.2. The molecule has 13 heteroatoms. The van der Waals surface area contributed by atoms with Crippen LogP contribution in [0.5, 0.6) is 28.7 Å². The molecule has 3 aromatic rings. The molecule has 0 aliphatic carbocycles. The number of hydrazone groups is 1. The average Bonchev–Trinajstić information content (AvgIpc) is 3.34. The van der Waals surface area contributed by atoms with Crippen LogP contribution in [0.15, 0.2) is 40.6 Å². The molecule has 0 fully saturated rings. The van der Waals surface area contributed by atoms with Crippen molar-refractivity contribution in [2.75, 3.05) is 34.2 Å². The number of carbonyl (C=O) groups is 2. The van der Waals surface area contributed by atoms with E-state index in [1.807, 2.05) is 23.6 Å². The lowest BCUT2D eigenvalue weighted by molar-refractivity contribution is -0.132. The van der Waals surface area contributed by atoms with E-state index in [9.17, 15) is 9.59 Å². The quantitative estimate of drug-likeness (QED) is 0.119. The number of esters is 1. The van der Waals surface area contributed by atoms with Gasteiger partial charge < -0.3 is 28.3 Å². The smallest absolute Gasteiger partial charge is 0.308 e. The van der Waals surface area contributed by atoms with Crippen molar-refractivity contribution < 1.29 is 33.3 Å². The Bertz CT molecular complexity index is 1300. The number of aromatic nitrogens is 3. The Morgan fingerprint density at radius 3 is 2.21 bits per heavy atom. The summed E-state index contributed by atoms with van der Waals surface area (Å²) in [6.07, 6.45) is 1.43. The van der Waals surface area contributed by atoms with Crippen molar-refractivity contribution >= 4 is 29.9 Å². The second-order valence-electron chi connectivity index (χ2n) is 7.55. The van der Waals surface area contributed by atoms with E-state index in [2.05, 4.69) is 20.7 Å². The minimum Gasteiger partial charge on any atom is -0.493 e. The molecule has 1 aromatic heterocycles. The molecule has 2 aromatic carbocycles. The molecule has 1 amide bonds. The first-order valence-corrected chi connectivity index (χ1v) is 12.4. The fourth-order valence-corrected chi connectivity index (χ4v) is 4.22. The summed E-state index contributed by atoms with van der Waals surface area (Å²) < 4.78 is 28.3. The zero-order chi connectivity index (χ0) is 27.7. The SMILES string of the molecule is CCn1c(SCC(=O)N/N=C/c2cc(OC)c(OC(C)=O)c(OC)c2)nnc1-c1ccc(OC)c(OC)c1. The number of amides is 1.